The molecule has 0 heterocycles. The van der Waals surface area contributed by atoms with Gasteiger partial charge in [-0.25, -0.2) is 0 Å². The number of carbonyl (C=O) groups is 1. The molecule has 1 amide bonds. The molecule has 0 aromatic rings. The highest BCUT2D eigenvalue weighted by Crippen LogP contribution is 2.17. The monoisotopic (exact) mass is 872 g/mol. The normalized spacial score (nSPS) is 13.6. The van der Waals surface area contributed by atoms with Gasteiger partial charge in [-0.1, -0.05) is 288 Å². The van der Waals surface area contributed by atoms with Gasteiger partial charge in [-0.2, -0.15) is 0 Å². The minimum Gasteiger partial charge on any atom is -0.394 e. The summed E-state index contributed by atoms with van der Waals surface area (Å²) in [4.78, 5) is 12.5. The van der Waals surface area contributed by atoms with Gasteiger partial charge < -0.3 is 20.6 Å². The Hall–Kier alpha value is -1.43. The smallest absolute Gasteiger partial charge is 0.249 e. The highest BCUT2D eigenvalue weighted by atomic mass is 16.3. The first-order valence-electron chi connectivity index (χ1n) is 27.8. The summed E-state index contributed by atoms with van der Waals surface area (Å²) >= 11 is 0. The third kappa shape index (κ3) is 46.6. The molecule has 0 aromatic heterocycles. The summed E-state index contributed by atoms with van der Waals surface area (Å²) in [7, 11) is 0. The van der Waals surface area contributed by atoms with Gasteiger partial charge in [0.25, 0.3) is 0 Å². The van der Waals surface area contributed by atoms with Crippen molar-refractivity contribution in [1.29, 1.82) is 0 Å². The van der Waals surface area contributed by atoms with E-state index in [9.17, 15) is 20.1 Å². The Morgan fingerprint density at radius 1 is 0.387 bits per heavy atom. The van der Waals surface area contributed by atoms with E-state index in [0.717, 1.165) is 44.9 Å². The molecule has 3 unspecified atom stereocenters. The van der Waals surface area contributed by atoms with Crippen LogP contribution in [0.15, 0.2) is 36.5 Å². The molecule has 0 saturated heterocycles. The van der Waals surface area contributed by atoms with E-state index in [0.29, 0.717) is 6.42 Å². The maximum Gasteiger partial charge on any atom is 0.249 e. The van der Waals surface area contributed by atoms with Crippen molar-refractivity contribution in [3.05, 3.63) is 36.5 Å². The van der Waals surface area contributed by atoms with Crippen molar-refractivity contribution < 1.29 is 20.1 Å². The fourth-order valence-corrected chi connectivity index (χ4v) is 8.63. The van der Waals surface area contributed by atoms with Crippen molar-refractivity contribution in [2.75, 3.05) is 6.61 Å². The average molecular weight is 873 g/mol. The van der Waals surface area contributed by atoms with Crippen molar-refractivity contribution in [2.45, 2.75) is 315 Å². The molecule has 5 nitrogen and oxygen atoms in total. The molecule has 4 N–H and O–H groups in total. The molecule has 0 rings (SSSR count). The van der Waals surface area contributed by atoms with E-state index in [2.05, 4.69) is 43.5 Å². The highest BCUT2D eigenvalue weighted by molar-refractivity contribution is 5.80. The maximum absolute atomic E-state index is 12.5. The third-order valence-electron chi connectivity index (χ3n) is 13.0. The van der Waals surface area contributed by atoms with Crippen LogP contribution in [-0.4, -0.2) is 46.1 Å². The summed E-state index contributed by atoms with van der Waals surface area (Å²) < 4.78 is 0. The summed E-state index contributed by atoms with van der Waals surface area (Å²) in [6, 6.07) is -0.819. The quantitative estimate of drug-likeness (QED) is 0.0362. The van der Waals surface area contributed by atoms with Crippen molar-refractivity contribution in [3.63, 3.8) is 0 Å². The number of nitrogens with one attached hydrogen (secondary N) is 1. The minimum atomic E-state index is -1.11. The van der Waals surface area contributed by atoms with E-state index in [1.165, 1.54) is 231 Å². The molecule has 0 aliphatic heterocycles. The van der Waals surface area contributed by atoms with Gasteiger partial charge >= 0.3 is 0 Å². The molecule has 5 heteroatoms. The zero-order chi connectivity index (χ0) is 45.1. The number of aliphatic hydroxyl groups excluding tert-OH is 3. The molecule has 0 bridgehead atoms. The first-order chi connectivity index (χ1) is 30.6. The first-order valence-corrected chi connectivity index (χ1v) is 27.8. The standard InChI is InChI=1S/C57H109NO4/c1-3-5-7-9-11-13-15-17-19-21-23-24-25-26-27-28-29-30-31-32-33-34-36-38-40-42-44-46-48-50-52-56(61)57(62)58-54(53-59)55(60)51-49-47-45-43-41-39-37-35-22-20-18-16-14-12-10-8-6-4-2/h22,35,41,43,49,51,54-56,59-61H,3-21,23-34,36-40,42,44-48,50,52-53H2,1-2H3,(H,58,62)/b35-22+,43-41+,51-49+. The van der Waals surface area contributed by atoms with Crippen LogP contribution in [-0.2, 0) is 4.79 Å². The Morgan fingerprint density at radius 2 is 0.661 bits per heavy atom. The topological polar surface area (TPSA) is 89.8 Å². The van der Waals surface area contributed by atoms with Crippen molar-refractivity contribution in [3.8, 4) is 0 Å². The molecular weight excluding hydrogens is 763 g/mol. The fraction of sp³-hybridized carbons (Fsp3) is 0.877. The molecule has 3 atom stereocenters. The van der Waals surface area contributed by atoms with Gasteiger partial charge in [0.15, 0.2) is 0 Å². The molecular formula is C57H109NO4. The number of hydrogen-bond acceptors (Lipinski definition) is 4. The van der Waals surface area contributed by atoms with Crippen LogP contribution in [0.5, 0.6) is 0 Å². The lowest BCUT2D eigenvalue weighted by Crippen LogP contribution is -2.48. The van der Waals surface area contributed by atoms with Gasteiger partial charge in [0.1, 0.15) is 6.10 Å². The van der Waals surface area contributed by atoms with Crippen LogP contribution in [0.2, 0.25) is 0 Å². The number of hydrogen-bond donors (Lipinski definition) is 4. The second-order valence-corrected chi connectivity index (χ2v) is 19.1. The Kier molecular flexibility index (Phi) is 51.0. The molecule has 62 heavy (non-hydrogen) atoms. The number of aliphatic hydroxyl groups is 3. The Balaban J connectivity index is 3.56. The van der Waals surface area contributed by atoms with Crippen LogP contribution in [0.3, 0.4) is 0 Å². The van der Waals surface area contributed by atoms with Crippen LogP contribution >= 0.6 is 0 Å². The number of rotatable bonds is 51. The molecule has 0 saturated carbocycles. The maximum atomic E-state index is 12.5. The lowest BCUT2D eigenvalue weighted by molar-refractivity contribution is -0.131. The zero-order valence-corrected chi connectivity index (χ0v) is 41.8. The Bertz CT molecular complexity index is 962. The van der Waals surface area contributed by atoms with Crippen LogP contribution in [0.4, 0.5) is 0 Å². The SMILES string of the molecule is CCCCCCCCCC/C=C/CC/C=C/CC/C=C/C(O)C(CO)NC(=O)C(O)CCCCCCCCCCCCCCCCCCCCCCCCCCCCCCCC. The number of amides is 1. The average Bonchev–Trinajstić information content (AvgIpc) is 3.28. The van der Waals surface area contributed by atoms with Crippen molar-refractivity contribution in [2.24, 2.45) is 0 Å². The second-order valence-electron chi connectivity index (χ2n) is 19.1. The molecule has 0 aliphatic carbocycles. The fourth-order valence-electron chi connectivity index (χ4n) is 8.63. The molecule has 0 radical (unpaired) electrons. The van der Waals surface area contributed by atoms with Gasteiger partial charge in [0.05, 0.1) is 18.8 Å². The predicted molar refractivity (Wildman–Crippen MR) is 273 cm³/mol. The third-order valence-corrected chi connectivity index (χ3v) is 13.0. The summed E-state index contributed by atoms with van der Waals surface area (Å²) in [6.45, 7) is 4.19. The lowest BCUT2D eigenvalue weighted by Gasteiger charge is -2.21. The van der Waals surface area contributed by atoms with Crippen LogP contribution < -0.4 is 5.32 Å². The second kappa shape index (κ2) is 52.2. The molecule has 366 valence electrons. The van der Waals surface area contributed by atoms with E-state index in [1.807, 2.05) is 6.08 Å². The van der Waals surface area contributed by atoms with E-state index in [1.54, 1.807) is 6.08 Å². The zero-order valence-electron chi connectivity index (χ0n) is 41.8. The first kappa shape index (κ1) is 60.6. The summed E-state index contributed by atoms with van der Waals surface area (Å²) in [6.07, 6.45) is 68.0. The van der Waals surface area contributed by atoms with Crippen molar-refractivity contribution >= 4 is 5.91 Å². The van der Waals surface area contributed by atoms with Crippen LogP contribution in [0, 0.1) is 0 Å². The number of allylic oxidation sites excluding steroid dienone is 5. The number of carbonyl (C=O) groups excluding carboxylic acids is 1. The largest absolute Gasteiger partial charge is 0.394 e. The molecule has 0 fully saturated rings. The van der Waals surface area contributed by atoms with Gasteiger partial charge in [-0.05, 0) is 44.9 Å². The predicted octanol–water partition coefficient (Wildman–Crippen LogP) is 17.1. The minimum absolute atomic E-state index is 0.379. The molecule has 0 aliphatic rings. The van der Waals surface area contributed by atoms with Gasteiger partial charge in [0, 0.05) is 0 Å². The van der Waals surface area contributed by atoms with Crippen molar-refractivity contribution in [1.82, 2.24) is 5.32 Å². The van der Waals surface area contributed by atoms with Crippen LogP contribution in [0.1, 0.15) is 296 Å². The highest BCUT2D eigenvalue weighted by Gasteiger charge is 2.22. The van der Waals surface area contributed by atoms with Gasteiger partial charge in [-0.3, -0.25) is 4.79 Å². The Morgan fingerprint density at radius 3 is 0.984 bits per heavy atom. The van der Waals surface area contributed by atoms with Gasteiger partial charge in [0.2, 0.25) is 5.91 Å². The number of unbranched alkanes of at least 4 members (excludes halogenated alkanes) is 39. The van der Waals surface area contributed by atoms with E-state index < -0.39 is 24.2 Å². The lowest BCUT2D eigenvalue weighted by atomic mass is 10.0. The summed E-state index contributed by atoms with van der Waals surface area (Å²) in [5.41, 5.74) is 0. The van der Waals surface area contributed by atoms with E-state index >= 15 is 0 Å². The van der Waals surface area contributed by atoms with Gasteiger partial charge in [-0.15, -0.1) is 0 Å². The summed E-state index contributed by atoms with van der Waals surface area (Å²) in [5, 5.41) is 33.3. The molecule has 0 spiro atoms. The summed E-state index contributed by atoms with van der Waals surface area (Å²) in [5.74, 6) is -0.512. The van der Waals surface area contributed by atoms with E-state index in [-0.39, 0.29) is 6.61 Å². The van der Waals surface area contributed by atoms with Crippen LogP contribution in [0.25, 0.3) is 0 Å². The molecule has 0 aromatic carbocycles. The van der Waals surface area contributed by atoms with E-state index in [4.69, 9.17) is 0 Å². The Labute approximate surface area is 387 Å².